The molecule has 0 amide bonds. The maximum atomic E-state index is 13.7. The SMILES string of the molecule is CCCCCCCCO[C@@H]1[C@@H](OS(=O)(=O)[O-])[C@H](O[C@H]2[C@H](OS(=O)(=O)[O-])[C@@H](OS(=O)(=O)[O-])[C@@H](OC)O[C@@H]2COS(=O)(=O)[O-])O[C@@H](C(=O)[O-])[C@H]1O[C@@H]1O[C@H](COS(=O)(=O)[O-])[C@@H](O[C@@H]2O[C@H](C(=O)[O-])[C@@H](O[C@@H]3O[C@H](COS(=O)(=O)[O-])[C@@H](OC)[C@H](OC)[C@H]3OS(=O)(=O)[O-])[C@H](OCCCC)[C@H]2OCCCC)[C@H](OS(=O)(=O)[O-])[C@H]1OS(=O)(=O)[O-].[Na+].[Na+].[Na+].[Na+].[Na+].[Na+].[Na+].[Na+].[Na+].[Na+].[Na+]. The largest absolute Gasteiger partial charge is 1.00 e. The van der Waals surface area contributed by atoms with Gasteiger partial charge in [0.25, 0.3) is 0 Å². The molecule has 0 N–H and O–H groups in total. The fourth-order valence-corrected chi connectivity index (χ4v) is 15.5. The van der Waals surface area contributed by atoms with Crippen molar-refractivity contribution in [3.63, 3.8) is 0 Å². The predicted octanol–water partition coefficient (Wildman–Crippen LogP) is -43.0. The van der Waals surface area contributed by atoms with E-state index >= 15 is 0 Å². The maximum absolute atomic E-state index is 13.7. The molecular weight excluding hydrogens is 2010 g/mol. The van der Waals surface area contributed by atoms with Gasteiger partial charge in [-0.1, -0.05) is 65.7 Å². The first kappa shape index (κ1) is 145. The second-order valence-electron chi connectivity index (χ2n) is 24.0. The molecule has 0 aliphatic carbocycles. The Balaban J connectivity index is -0.00000249. The number of unbranched alkanes of at least 4 members (excludes halogenated alkanes) is 7. The standard InChI is InChI=1S/C49H86O55S9.11Na/c1-7-10-13-14-15-16-19-85-31-33(37(44(52)53)98-49(40(31)102-111(72,73)74)94-27-24(21-88-106(57,58)59)90-45(83-6)41(103-112(75,76)77)34(27)99-108(63,64)65)96-48-42(104-113(78,79)80)35(100-109(66,67)68)28(25(92-48)22-89-107(60,61)62)93-46-38(86-18-12-9-3)30(84-17-11-8-2)32(36(97-46)43(50)51)95-47-39(101-110(69,70)71)29(82-5)26(81-4)23(91-47)20-87-105(54,55)56;;;;;;;;;;;/h23-42,45-49H,7-22H2,1-6H3,(H,50,51)(H,52,53)(H,54,55,56)(H,57,58,59)(H,60,61,62)(H,63,64,65)(H,66,67,68)(H,69,70,71)(H,72,73,74)(H,75,76,77)(H,78,79,80);;;;;;;;;;;/q;11*+1/p-11/t23-,24-,25-,26-,27-,28-,29+,30+,31+,32+,33+,34+,35+,36+,37-,38-,39-,40-,41-,42-,45+,46-,47+,48+,49-;;;;;;;;;;;/m1.........../s1. The minimum atomic E-state index is -6.75. The molecule has 55 nitrogen and oxygen atoms in total. The van der Waals surface area contributed by atoms with Crippen molar-refractivity contribution in [3.05, 3.63) is 0 Å². The minimum Gasteiger partial charge on any atom is -0.726 e. The normalized spacial score (nSPS) is 30.6. The van der Waals surface area contributed by atoms with Crippen molar-refractivity contribution in [1.29, 1.82) is 0 Å². The fourth-order valence-electron chi connectivity index (χ4n) is 11.7. The Labute approximate surface area is 959 Å². The van der Waals surface area contributed by atoms with Crippen molar-refractivity contribution in [2.45, 2.75) is 239 Å². The van der Waals surface area contributed by atoms with E-state index in [2.05, 4.69) is 33.5 Å². The van der Waals surface area contributed by atoms with Crippen LogP contribution in [0.1, 0.15) is 85.0 Å². The molecule has 124 heavy (non-hydrogen) atoms. The zero-order valence-electron chi connectivity index (χ0n) is 69.9. The molecule has 0 bridgehead atoms. The van der Waals surface area contributed by atoms with E-state index in [1.54, 1.807) is 13.8 Å². The van der Waals surface area contributed by atoms with Gasteiger partial charge in [-0.2, -0.15) is 0 Å². The Morgan fingerprint density at radius 1 is 0.258 bits per heavy atom. The number of carboxylic acid groups (broad SMARTS) is 2. The molecule has 75 heteroatoms. The van der Waals surface area contributed by atoms with E-state index < -0.39 is 299 Å². The van der Waals surface area contributed by atoms with Crippen LogP contribution in [-0.4, -0.2) is 343 Å². The molecule has 0 radical (unpaired) electrons. The molecule has 0 aromatic carbocycles. The Kier molecular flexibility index (Phi) is 77.5. The number of aliphatic carboxylic acids is 2. The summed E-state index contributed by atoms with van der Waals surface area (Å²) in [6.45, 7) is -2.64. The molecule has 0 aromatic heterocycles. The van der Waals surface area contributed by atoms with Crippen LogP contribution in [0.25, 0.3) is 0 Å². The van der Waals surface area contributed by atoms with Crippen molar-refractivity contribution in [1.82, 2.24) is 0 Å². The summed E-state index contributed by atoms with van der Waals surface area (Å²) in [6.07, 6.45) is -70.3. The summed E-state index contributed by atoms with van der Waals surface area (Å²) in [5, 5.41) is 27.3. The third-order valence-electron chi connectivity index (χ3n) is 16.1. The first-order valence-electron chi connectivity index (χ1n) is 32.4. The number of rotatable bonds is 50. The fraction of sp³-hybridized carbons (Fsp3) is 0.959. The number of carbonyl (C=O) groups excluding carboxylic acids is 2. The van der Waals surface area contributed by atoms with Crippen molar-refractivity contribution >= 4 is 106 Å². The smallest absolute Gasteiger partial charge is 0.726 e. The summed E-state index contributed by atoms with van der Waals surface area (Å²) in [4.78, 5) is 27.3. The molecular formula is C49H75Na11O55S9. The predicted molar refractivity (Wildman–Crippen MR) is 328 cm³/mol. The molecule has 5 fully saturated rings. The molecule has 5 aliphatic heterocycles. The van der Waals surface area contributed by atoms with Crippen molar-refractivity contribution in [2.75, 3.05) is 61.0 Å². The summed E-state index contributed by atoms with van der Waals surface area (Å²) >= 11 is 0. The second kappa shape index (κ2) is 66.2. The number of ether oxygens (including phenoxy) is 15. The van der Waals surface area contributed by atoms with Gasteiger partial charge in [-0.25, -0.2) is 75.8 Å². The van der Waals surface area contributed by atoms with Crippen LogP contribution in [-0.2, 0) is 212 Å². The van der Waals surface area contributed by atoms with E-state index in [1.165, 1.54) is 6.92 Å². The zero-order valence-corrected chi connectivity index (χ0v) is 99.2. The van der Waals surface area contributed by atoms with Gasteiger partial charge in [0.1, 0.15) is 97.7 Å². The number of carbonyl (C=O) groups is 2. The van der Waals surface area contributed by atoms with E-state index in [9.17, 15) is 137 Å². The zero-order chi connectivity index (χ0) is 85.4. The first-order chi connectivity index (χ1) is 52.0. The van der Waals surface area contributed by atoms with Gasteiger partial charge in [-0.05, 0) is 19.3 Å². The van der Waals surface area contributed by atoms with Crippen LogP contribution < -0.4 is 335 Å². The van der Waals surface area contributed by atoms with Crippen molar-refractivity contribution < 1.29 is 570 Å². The third kappa shape index (κ3) is 51.6. The van der Waals surface area contributed by atoms with Gasteiger partial charge in [0.2, 0.25) is 93.6 Å². The van der Waals surface area contributed by atoms with Crippen LogP contribution >= 0.6 is 0 Å². The maximum Gasteiger partial charge on any atom is 1.00 e. The Morgan fingerprint density at radius 3 is 0.806 bits per heavy atom. The summed E-state index contributed by atoms with van der Waals surface area (Å²) in [6, 6.07) is 0. The van der Waals surface area contributed by atoms with E-state index in [4.69, 9.17) is 75.2 Å². The molecule has 666 valence electrons. The van der Waals surface area contributed by atoms with Gasteiger partial charge in [-0.3, -0.25) is 37.6 Å². The molecule has 0 saturated carbocycles. The van der Waals surface area contributed by atoms with Crippen LogP contribution in [0.2, 0.25) is 0 Å². The Bertz CT molecular complexity index is 4170. The van der Waals surface area contributed by atoms with Crippen LogP contribution in [0.3, 0.4) is 0 Å². The van der Waals surface area contributed by atoms with Gasteiger partial charge in [0, 0.05) is 41.2 Å². The van der Waals surface area contributed by atoms with Crippen LogP contribution in [0, 0.1) is 0 Å². The van der Waals surface area contributed by atoms with E-state index in [0.717, 1.165) is 14.2 Å². The van der Waals surface area contributed by atoms with Gasteiger partial charge >= 0.3 is 325 Å². The summed E-state index contributed by atoms with van der Waals surface area (Å²) in [5.41, 5.74) is 0. The molecule has 25 atom stereocenters. The topological polar surface area (TPSA) is 817 Å². The monoisotopic (exact) mass is 2080 g/mol. The number of hydrogen-bond acceptors (Lipinski definition) is 55. The third-order valence-corrected chi connectivity index (χ3v) is 20.1. The molecule has 0 spiro atoms. The molecule has 0 unspecified atom stereocenters. The number of carboxylic acids is 2. The van der Waals surface area contributed by atoms with Crippen LogP contribution in [0.4, 0.5) is 0 Å². The van der Waals surface area contributed by atoms with Crippen molar-refractivity contribution in [3.8, 4) is 0 Å². The van der Waals surface area contributed by atoms with Gasteiger partial charge < -0.3 is 132 Å². The molecule has 5 heterocycles. The van der Waals surface area contributed by atoms with E-state index in [1.807, 2.05) is 0 Å². The van der Waals surface area contributed by atoms with E-state index in [0.29, 0.717) is 32.8 Å². The summed E-state index contributed by atoms with van der Waals surface area (Å²) < 4.78 is 460. The van der Waals surface area contributed by atoms with Gasteiger partial charge in [0.15, 0.2) is 55.9 Å². The quantitative estimate of drug-likeness (QED) is 0.0236. The average molecular weight is 2090 g/mol. The summed E-state index contributed by atoms with van der Waals surface area (Å²) in [7, 11) is -54.6. The minimum absolute atomic E-state index is 0. The molecule has 0 aromatic rings. The second-order valence-corrected chi connectivity index (χ2v) is 33.2. The molecule has 5 saturated heterocycles. The van der Waals surface area contributed by atoms with Crippen molar-refractivity contribution in [2.24, 2.45) is 0 Å². The Morgan fingerprint density at radius 2 is 0.500 bits per heavy atom. The molecule has 5 rings (SSSR count). The van der Waals surface area contributed by atoms with Gasteiger partial charge in [-0.15, -0.1) is 0 Å². The van der Waals surface area contributed by atoms with Crippen LogP contribution in [0.5, 0.6) is 0 Å². The average Bonchev–Trinajstić information content (AvgIpc) is 0.753. The number of methoxy groups -OCH3 is 3. The molecule has 5 aliphatic rings. The summed E-state index contributed by atoms with van der Waals surface area (Å²) in [5.74, 6) is -5.33. The van der Waals surface area contributed by atoms with Gasteiger partial charge in [0.05, 0.1) is 31.8 Å². The van der Waals surface area contributed by atoms with E-state index in [-0.39, 0.29) is 364 Å². The van der Waals surface area contributed by atoms with Crippen LogP contribution in [0.15, 0.2) is 0 Å². The Hall–Kier alpha value is 8.17. The first-order valence-corrected chi connectivity index (χ1v) is 44.4. The number of hydrogen-bond donors (Lipinski definition) is 0.